The lowest BCUT2D eigenvalue weighted by Crippen LogP contribution is -2.45. The monoisotopic (exact) mass is 243 g/mol. The first-order valence-electron chi connectivity index (χ1n) is 5.95. The lowest BCUT2D eigenvalue weighted by molar-refractivity contribution is -0.140. The fourth-order valence-corrected chi connectivity index (χ4v) is 2.16. The first kappa shape index (κ1) is 13.9. The summed E-state index contributed by atoms with van der Waals surface area (Å²) in [4.78, 5) is 24.7. The maximum Gasteiger partial charge on any atom is 0.240 e. The lowest BCUT2D eigenvalue weighted by atomic mass is 10.0. The molecular formula is C11H21N3O3. The van der Waals surface area contributed by atoms with Crippen molar-refractivity contribution in [3.05, 3.63) is 0 Å². The van der Waals surface area contributed by atoms with Gasteiger partial charge in [0.1, 0.15) is 6.04 Å². The summed E-state index contributed by atoms with van der Waals surface area (Å²) in [6.45, 7) is 2.54. The Balaban J connectivity index is 2.63. The van der Waals surface area contributed by atoms with Gasteiger partial charge < -0.3 is 21.5 Å². The molecule has 1 fully saturated rings. The van der Waals surface area contributed by atoms with Crippen molar-refractivity contribution >= 4 is 11.8 Å². The average Bonchev–Trinajstić information content (AvgIpc) is 2.67. The minimum absolute atomic E-state index is 0.126. The molecule has 1 aliphatic rings. The Labute approximate surface area is 101 Å². The summed E-state index contributed by atoms with van der Waals surface area (Å²) in [5.74, 6) is -0.870. The summed E-state index contributed by atoms with van der Waals surface area (Å²) in [5.41, 5.74) is 10.6. The summed E-state index contributed by atoms with van der Waals surface area (Å²) >= 11 is 0. The first-order valence-corrected chi connectivity index (χ1v) is 5.95. The van der Waals surface area contributed by atoms with Crippen molar-refractivity contribution in [2.45, 2.75) is 38.3 Å². The SMILES string of the molecule is CC(CCCN)C(=O)N1CC(O)CC1C(N)=O. The number of carbonyl (C=O) groups excluding carboxylic acids is 2. The Kier molecular flexibility index (Phi) is 4.89. The molecule has 0 aromatic carbocycles. The van der Waals surface area contributed by atoms with Gasteiger partial charge in [-0.3, -0.25) is 9.59 Å². The van der Waals surface area contributed by atoms with Gasteiger partial charge in [-0.05, 0) is 19.4 Å². The molecule has 0 spiro atoms. The van der Waals surface area contributed by atoms with Crippen molar-refractivity contribution in [2.75, 3.05) is 13.1 Å². The first-order chi connectivity index (χ1) is 7.97. The molecule has 17 heavy (non-hydrogen) atoms. The van der Waals surface area contributed by atoms with Crippen molar-refractivity contribution in [1.82, 2.24) is 4.90 Å². The molecule has 1 aliphatic heterocycles. The molecule has 98 valence electrons. The summed E-state index contributed by atoms with van der Waals surface area (Å²) in [6.07, 6.45) is 1.04. The number of nitrogens with two attached hydrogens (primary N) is 2. The van der Waals surface area contributed by atoms with Crippen LogP contribution < -0.4 is 11.5 Å². The summed E-state index contributed by atoms with van der Waals surface area (Å²) in [6, 6.07) is -0.669. The molecule has 6 nitrogen and oxygen atoms in total. The van der Waals surface area contributed by atoms with Gasteiger partial charge in [0.25, 0.3) is 0 Å². The highest BCUT2D eigenvalue weighted by atomic mass is 16.3. The van der Waals surface area contributed by atoms with Crippen molar-refractivity contribution < 1.29 is 14.7 Å². The van der Waals surface area contributed by atoms with E-state index in [4.69, 9.17) is 11.5 Å². The number of likely N-dealkylation sites (tertiary alicyclic amines) is 1. The van der Waals surface area contributed by atoms with E-state index in [9.17, 15) is 14.7 Å². The van der Waals surface area contributed by atoms with E-state index in [-0.39, 0.29) is 24.8 Å². The third-order valence-corrected chi connectivity index (χ3v) is 3.15. The number of carbonyl (C=O) groups is 2. The van der Waals surface area contributed by atoms with Crippen LogP contribution in [0.4, 0.5) is 0 Å². The number of hydrogen-bond donors (Lipinski definition) is 3. The predicted octanol–water partition coefficient (Wildman–Crippen LogP) is -1.19. The molecule has 0 aromatic rings. The van der Waals surface area contributed by atoms with Crippen LogP contribution in [0.1, 0.15) is 26.2 Å². The minimum atomic E-state index is -0.669. The molecule has 5 N–H and O–H groups in total. The number of aliphatic hydroxyl groups excluding tert-OH is 1. The maximum absolute atomic E-state index is 12.1. The van der Waals surface area contributed by atoms with E-state index >= 15 is 0 Å². The highest BCUT2D eigenvalue weighted by Gasteiger charge is 2.38. The van der Waals surface area contributed by atoms with E-state index in [0.29, 0.717) is 13.0 Å². The number of amides is 2. The highest BCUT2D eigenvalue weighted by molar-refractivity contribution is 5.88. The van der Waals surface area contributed by atoms with Crippen molar-refractivity contribution in [1.29, 1.82) is 0 Å². The molecule has 1 saturated heterocycles. The Morgan fingerprint density at radius 1 is 1.53 bits per heavy atom. The fraction of sp³-hybridized carbons (Fsp3) is 0.818. The van der Waals surface area contributed by atoms with E-state index in [2.05, 4.69) is 0 Å². The standard InChI is InChI=1S/C11H21N3O3/c1-7(3-2-4-12)11(17)14-6-8(15)5-9(14)10(13)16/h7-9,15H,2-6,12H2,1H3,(H2,13,16). The largest absolute Gasteiger partial charge is 0.391 e. The van der Waals surface area contributed by atoms with Gasteiger partial charge in [-0.25, -0.2) is 0 Å². The molecule has 3 unspecified atom stereocenters. The normalized spacial score (nSPS) is 25.9. The third kappa shape index (κ3) is 3.41. The van der Waals surface area contributed by atoms with Crippen LogP contribution in [-0.2, 0) is 9.59 Å². The van der Waals surface area contributed by atoms with Crippen LogP contribution in [-0.4, -0.2) is 47.1 Å². The van der Waals surface area contributed by atoms with Gasteiger partial charge in [0, 0.05) is 18.9 Å². The Morgan fingerprint density at radius 3 is 2.71 bits per heavy atom. The molecule has 1 rings (SSSR count). The van der Waals surface area contributed by atoms with Crippen molar-refractivity contribution in [3.8, 4) is 0 Å². The smallest absolute Gasteiger partial charge is 0.240 e. The predicted molar refractivity (Wildman–Crippen MR) is 62.8 cm³/mol. The molecule has 0 bridgehead atoms. The second-order valence-corrected chi connectivity index (χ2v) is 4.63. The average molecular weight is 243 g/mol. The van der Waals surface area contributed by atoms with Crippen molar-refractivity contribution in [3.63, 3.8) is 0 Å². The van der Waals surface area contributed by atoms with Gasteiger partial charge in [0.05, 0.1) is 6.10 Å². The van der Waals surface area contributed by atoms with Gasteiger partial charge >= 0.3 is 0 Å². The minimum Gasteiger partial charge on any atom is -0.391 e. The Bertz CT molecular complexity index is 296. The van der Waals surface area contributed by atoms with Gasteiger partial charge in [-0.15, -0.1) is 0 Å². The molecular weight excluding hydrogens is 222 g/mol. The summed E-state index contributed by atoms with van der Waals surface area (Å²) in [7, 11) is 0. The molecule has 0 radical (unpaired) electrons. The van der Waals surface area contributed by atoms with Gasteiger partial charge in [-0.2, -0.15) is 0 Å². The number of aliphatic hydroxyl groups is 1. The van der Waals surface area contributed by atoms with E-state index in [1.165, 1.54) is 4.90 Å². The van der Waals surface area contributed by atoms with Gasteiger partial charge in [0.2, 0.25) is 11.8 Å². The zero-order valence-electron chi connectivity index (χ0n) is 10.1. The van der Waals surface area contributed by atoms with Crippen LogP contribution in [0.2, 0.25) is 0 Å². The number of hydrogen-bond acceptors (Lipinski definition) is 4. The lowest BCUT2D eigenvalue weighted by Gasteiger charge is -2.25. The Hall–Kier alpha value is -1.14. The number of nitrogens with zero attached hydrogens (tertiary/aromatic N) is 1. The van der Waals surface area contributed by atoms with Crippen LogP contribution in [0, 0.1) is 5.92 Å². The van der Waals surface area contributed by atoms with E-state index < -0.39 is 18.1 Å². The van der Waals surface area contributed by atoms with Crippen LogP contribution in [0.3, 0.4) is 0 Å². The zero-order valence-corrected chi connectivity index (χ0v) is 10.1. The van der Waals surface area contributed by atoms with E-state index in [0.717, 1.165) is 6.42 Å². The van der Waals surface area contributed by atoms with Crippen LogP contribution in [0.25, 0.3) is 0 Å². The molecule has 1 heterocycles. The highest BCUT2D eigenvalue weighted by Crippen LogP contribution is 2.21. The quantitative estimate of drug-likeness (QED) is 0.564. The summed E-state index contributed by atoms with van der Waals surface area (Å²) in [5, 5.41) is 9.50. The molecule has 3 atom stereocenters. The van der Waals surface area contributed by atoms with Gasteiger partial charge in [0.15, 0.2) is 0 Å². The zero-order chi connectivity index (χ0) is 13.0. The fourth-order valence-electron chi connectivity index (χ4n) is 2.16. The maximum atomic E-state index is 12.1. The molecule has 6 heteroatoms. The number of β-amino-alcohol motifs (C(OH)–C–C–N with tert-alkyl or cyclic N) is 1. The van der Waals surface area contributed by atoms with Crippen molar-refractivity contribution in [2.24, 2.45) is 17.4 Å². The van der Waals surface area contributed by atoms with Crippen LogP contribution >= 0.6 is 0 Å². The van der Waals surface area contributed by atoms with E-state index in [1.54, 1.807) is 6.92 Å². The van der Waals surface area contributed by atoms with Crippen LogP contribution in [0.15, 0.2) is 0 Å². The van der Waals surface area contributed by atoms with E-state index in [1.807, 2.05) is 0 Å². The number of rotatable bonds is 5. The second kappa shape index (κ2) is 5.97. The van der Waals surface area contributed by atoms with Crippen LogP contribution in [0.5, 0.6) is 0 Å². The number of primary amides is 1. The topological polar surface area (TPSA) is 110 Å². The molecule has 0 aromatic heterocycles. The molecule has 0 saturated carbocycles. The third-order valence-electron chi connectivity index (χ3n) is 3.15. The summed E-state index contributed by atoms with van der Waals surface area (Å²) < 4.78 is 0. The van der Waals surface area contributed by atoms with Gasteiger partial charge in [-0.1, -0.05) is 6.92 Å². The Morgan fingerprint density at radius 2 is 2.18 bits per heavy atom. The second-order valence-electron chi connectivity index (χ2n) is 4.63. The molecule has 2 amide bonds. The molecule has 0 aliphatic carbocycles.